The Kier molecular flexibility index (Phi) is 4.42. The molecular weight excluding hydrogens is 186 g/mol. The van der Waals surface area contributed by atoms with Crippen LogP contribution in [0, 0.1) is 0 Å². The van der Waals surface area contributed by atoms with Crippen LogP contribution in [-0.2, 0) is 0 Å². The van der Waals surface area contributed by atoms with Crippen LogP contribution in [0.2, 0.25) is 0 Å². The van der Waals surface area contributed by atoms with Gasteiger partial charge in [0.15, 0.2) is 0 Å². The second-order valence-corrected chi connectivity index (χ2v) is 5.11. The molecule has 1 unspecified atom stereocenters. The van der Waals surface area contributed by atoms with Gasteiger partial charge >= 0.3 is 0 Å². The Morgan fingerprint density at radius 3 is 2.73 bits per heavy atom. The highest BCUT2D eigenvalue weighted by molar-refractivity contribution is 4.78. The van der Waals surface area contributed by atoms with Crippen molar-refractivity contribution in [1.29, 1.82) is 0 Å². The van der Waals surface area contributed by atoms with Gasteiger partial charge in [-0.05, 0) is 65.3 Å². The number of likely N-dealkylation sites (tertiary alicyclic amines) is 1. The number of piperidine rings is 1. The molecule has 0 aromatic carbocycles. The van der Waals surface area contributed by atoms with Crippen LogP contribution in [0.25, 0.3) is 0 Å². The lowest BCUT2D eigenvalue weighted by Gasteiger charge is -2.29. The molecule has 2 aliphatic heterocycles. The first-order valence-corrected chi connectivity index (χ1v) is 6.50. The maximum Gasteiger partial charge on any atom is 0.00914 e. The summed E-state index contributed by atoms with van der Waals surface area (Å²) in [5.41, 5.74) is 0. The van der Waals surface area contributed by atoms with Crippen LogP contribution >= 0.6 is 0 Å². The topological polar surface area (TPSA) is 27.3 Å². The van der Waals surface area contributed by atoms with E-state index in [1.54, 1.807) is 0 Å². The molecule has 0 spiro atoms. The van der Waals surface area contributed by atoms with Gasteiger partial charge in [-0.3, -0.25) is 0 Å². The SMILES string of the molecule is CN1CCC(NCCC2CCCN2)CC1. The number of hydrogen-bond acceptors (Lipinski definition) is 3. The smallest absolute Gasteiger partial charge is 0.00914 e. The van der Waals surface area contributed by atoms with Crippen molar-refractivity contribution in [3.63, 3.8) is 0 Å². The van der Waals surface area contributed by atoms with Crippen molar-refractivity contribution in [2.45, 2.75) is 44.2 Å². The number of nitrogens with one attached hydrogen (secondary N) is 2. The Balaban J connectivity index is 1.53. The molecule has 3 nitrogen and oxygen atoms in total. The minimum absolute atomic E-state index is 0.780. The summed E-state index contributed by atoms with van der Waals surface area (Å²) >= 11 is 0. The van der Waals surface area contributed by atoms with Gasteiger partial charge in [-0.2, -0.15) is 0 Å². The molecule has 1 atom stereocenters. The van der Waals surface area contributed by atoms with Crippen LogP contribution < -0.4 is 10.6 Å². The Hall–Kier alpha value is -0.120. The molecule has 0 saturated carbocycles. The second-order valence-electron chi connectivity index (χ2n) is 5.11. The number of hydrogen-bond donors (Lipinski definition) is 2. The summed E-state index contributed by atoms with van der Waals surface area (Å²) in [6.45, 7) is 4.96. The third kappa shape index (κ3) is 3.74. The first-order valence-electron chi connectivity index (χ1n) is 6.50. The molecule has 15 heavy (non-hydrogen) atoms. The first-order chi connectivity index (χ1) is 7.34. The maximum atomic E-state index is 3.70. The summed E-state index contributed by atoms with van der Waals surface area (Å²) in [6.07, 6.45) is 6.73. The van der Waals surface area contributed by atoms with E-state index < -0.39 is 0 Å². The average Bonchev–Trinajstić information content (AvgIpc) is 2.74. The summed E-state index contributed by atoms with van der Waals surface area (Å²) in [7, 11) is 2.22. The average molecular weight is 211 g/mol. The molecule has 2 rings (SSSR count). The molecule has 2 N–H and O–H groups in total. The van der Waals surface area contributed by atoms with Crippen molar-refractivity contribution in [2.24, 2.45) is 0 Å². The van der Waals surface area contributed by atoms with Crippen LogP contribution in [0.1, 0.15) is 32.1 Å². The van der Waals surface area contributed by atoms with E-state index in [1.165, 1.54) is 58.3 Å². The van der Waals surface area contributed by atoms with Crippen LogP contribution in [0.4, 0.5) is 0 Å². The third-order valence-electron chi connectivity index (χ3n) is 3.81. The van der Waals surface area contributed by atoms with E-state index >= 15 is 0 Å². The molecule has 0 bridgehead atoms. The fraction of sp³-hybridized carbons (Fsp3) is 1.00. The van der Waals surface area contributed by atoms with E-state index in [0.717, 1.165) is 12.1 Å². The van der Waals surface area contributed by atoms with Crippen molar-refractivity contribution < 1.29 is 0 Å². The summed E-state index contributed by atoms with van der Waals surface area (Å²) < 4.78 is 0. The molecule has 88 valence electrons. The summed E-state index contributed by atoms with van der Waals surface area (Å²) in [6, 6.07) is 1.58. The molecule has 0 amide bonds. The summed E-state index contributed by atoms with van der Waals surface area (Å²) in [5.74, 6) is 0. The molecule has 0 radical (unpaired) electrons. The molecule has 2 heterocycles. The molecule has 0 aromatic rings. The fourth-order valence-electron chi connectivity index (χ4n) is 2.68. The lowest BCUT2D eigenvalue weighted by molar-refractivity contribution is 0.233. The van der Waals surface area contributed by atoms with Crippen LogP contribution in [-0.4, -0.2) is 50.2 Å². The quantitative estimate of drug-likeness (QED) is 0.721. The van der Waals surface area contributed by atoms with E-state index in [-0.39, 0.29) is 0 Å². The van der Waals surface area contributed by atoms with Crippen molar-refractivity contribution in [3.8, 4) is 0 Å². The van der Waals surface area contributed by atoms with Crippen molar-refractivity contribution in [2.75, 3.05) is 33.2 Å². The van der Waals surface area contributed by atoms with Crippen LogP contribution in [0.5, 0.6) is 0 Å². The number of rotatable bonds is 4. The zero-order valence-electron chi connectivity index (χ0n) is 9.97. The van der Waals surface area contributed by atoms with Gasteiger partial charge in [0.05, 0.1) is 0 Å². The van der Waals surface area contributed by atoms with E-state index in [9.17, 15) is 0 Å². The Bertz CT molecular complexity index is 170. The maximum absolute atomic E-state index is 3.70. The van der Waals surface area contributed by atoms with E-state index in [0.29, 0.717) is 0 Å². The molecule has 0 aromatic heterocycles. The molecule has 3 heteroatoms. The minimum Gasteiger partial charge on any atom is -0.314 e. The van der Waals surface area contributed by atoms with Gasteiger partial charge in [0.2, 0.25) is 0 Å². The van der Waals surface area contributed by atoms with Gasteiger partial charge < -0.3 is 15.5 Å². The van der Waals surface area contributed by atoms with Gasteiger partial charge in [-0.1, -0.05) is 0 Å². The van der Waals surface area contributed by atoms with Crippen LogP contribution in [0.3, 0.4) is 0 Å². The summed E-state index contributed by atoms with van der Waals surface area (Å²) in [5, 5.41) is 7.26. The first kappa shape index (κ1) is 11.4. The van der Waals surface area contributed by atoms with E-state index in [4.69, 9.17) is 0 Å². The Labute approximate surface area is 93.6 Å². The van der Waals surface area contributed by atoms with Crippen LogP contribution in [0.15, 0.2) is 0 Å². The summed E-state index contributed by atoms with van der Waals surface area (Å²) in [4.78, 5) is 2.43. The van der Waals surface area contributed by atoms with Gasteiger partial charge in [0.1, 0.15) is 0 Å². The zero-order valence-corrected chi connectivity index (χ0v) is 9.97. The van der Waals surface area contributed by atoms with E-state index in [2.05, 4.69) is 22.6 Å². The zero-order chi connectivity index (χ0) is 10.5. The van der Waals surface area contributed by atoms with Crippen molar-refractivity contribution >= 4 is 0 Å². The predicted octanol–water partition coefficient (Wildman–Crippen LogP) is 0.812. The standard InChI is InChI=1S/C12H25N3/c1-15-9-5-12(6-10-15)14-8-4-11-3-2-7-13-11/h11-14H,2-10H2,1H3. The fourth-order valence-corrected chi connectivity index (χ4v) is 2.68. The Morgan fingerprint density at radius 2 is 2.07 bits per heavy atom. The van der Waals surface area contributed by atoms with Crippen molar-refractivity contribution in [1.82, 2.24) is 15.5 Å². The monoisotopic (exact) mass is 211 g/mol. The van der Waals surface area contributed by atoms with Gasteiger partial charge in [-0.15, -0.1) is 0 Å². The molecule has 2 aliphatic rings. The van der Waals surface area contributed by atoms with E-state index in [1.807, 2.05) is 0 Å². The largest absolute Gasteiger partial charge is 0.314 e. The molecule has 0 aliphatic carbocycles. The minimum atomic E-state index is 0.780. The third-order valence-corrected chi connectivity index (χ3v) is 3.81. The van der Waals surface area contributed by atoms with Gasteiger partial charge in [0.25, 0.3) is 0 Å². The van der Waals surface area contributed by atoms with Gasteiger partial charge in [-0.25, -0.2) is 0 Å². The number of nitrogens with zero attached hydrogens (tertiary/aromatic N) is 1. The highest BCUT2D eigenvalue weighted by Crippen LogP contribution is 2.10. The second kappa shape index (κ2) is 5.83. The highest BCUT2D eigenvalue weighted by Gasteiger charge is 2.17. The van der Waals surface area contributed by atoms with Crippen molar-refractivity contribution in [3.05, 3.63) is 0 Å². The normalized spacial score (nSPS) is 29.8. The van der Waals surface area contributed by atoms with Gasteiger partial charge in [0, 0.05) is 12.1 Å². The Morgan fingerprint density at radius 1 is 1.27 bits per heavy atom. The predicted molar refractivity (Wildman–Crippen MR) is 64.2 cm³/mol. The molecular formula is C12H25N3. The lowest BCUT2D eigenvalue weighted by Crippen LogP contribution is -2.42. The molecule has 2 fully saturated rings. The highest BCUT2D eigenvalue weighted by atomic mass is 15.1. The lowest BCUT2D eigenvalue weighted by atomic mass is 10.1. The molecule has 2 saturated heterocycles.